The zero-order valence-corrected chi connectivity index (χ0v) is 20.1. The molecule has 0 aliphatic carbocycles. The Morgan fingerprint density at radius 3 is 1.80 bits per heavy atom. The Balaban J connectivity index is 1.54. The molecule has 15 heteroatoms. The van der Waals surface area contributed by atoms with E-state index in [-0.39, 0.29) is 18.7 Å². The van der Waals surface area contributed by atoms with Gasteiger partial charge in [-0.1, -0.05) is 0 Å². The fourth-order valence-corrected chi connectivity index (χ4v) is 5.61. The number of sulfonamides is 1. The van der Waals surface area contributed by atoms with Crippen molar-refractivity contribution in [2.24, 2.45) is 0 Å². The molecular formula is C20H25N7O7S. The Kier molecular flexibility index (Phi) is 6.82. The number of aryl methyl sites for hydroxylation is 1. The Morgan fingerprint density at radius 2 is 1.31 bits per heavy atom. The Hall–Kier alpha value is -3.43. The molecule has 0 radical (unpaired) electrons. The van der Waals surface area contributed by atoms with E-state index in [1.54, 1.807) is 6.92 Å². The van der Waals surface area contributed by atoms with Gasteiger partial charge < -0.3 is 14.5 Å². The third-order valence-corrected chi connectivity index (χ3v) is 7.94. The van der Waals surface area contributed by atoms with Gasteiger partial charge in [-0.15, -0.1) is 0 Å². The van der Waals surface area contributed by atoms with E-state index in [4.69, 9.17) is 4.74 Å². The number of benzene rings is 1. The van der Waals surface area contributed by atoms with Crippen molar-refractivity contribution in [2.75, 3.05) is 62.3 Å². The molecule has 0 amide bonds. The van der Waals surface area contributed by atoms with Gasteiger partial charge in [0.05, 0.1) is 28.0 Å². The number of hydrogen-bond donors (Lipinski definition) is 0. The van der Waals surface area contributed by atoms with Crippen LogP contribution in [0, 0.1) is 34.1 Å². The Bertz CT molecular complexity index is 1220. The topological polar surface area (TPSA) is 165 Å². The van der Waals surface area contributed by atoms with Crippen molar-refractivity contribution < 1.29 is 23.0 Å². The van der Waals surface area contributed by atoms with E-state index >= 15 is 0 Å². The van der Waals surface area contributed by atoms with E-state index in [0.717, 1.165) is 31.0 Å². The van der Waals surface area contributed by atoms with E-state index in [1.807, 2.05) is 11.0 Å². The summed E-state index contributed by atoms with van der Waals surface area (Å²) < 4.78 is 33.0. The van der Waals surface area contributed by atoms with Crippen LogP contribution in [0.25, 0.3) is 0 Å². The van der Waals surface area contributed by atoms with Gasteiger partial charge in [-0.25, -0.2) is 18.4 Å². The molecule has 2 aromatic rings. The summed E-state index contributed by atoms with van der Waals surface area (Å²) in [6, 6.07) is 3.63. The summed E-state index contributed by atoms with van der Waals surface area (Å²) in [5.74, 6) is 2.06. The molecule has 0 atom stereocenters. The van der Waals surface area contributed by atoms with Gasteiger partial charge >= 0.3 is 0 Å². The fourth-order valence-electron chi connectivity index (χ4n) is 4.15. The van der Waals surface area contributed by atoms with Crippen LogP contribution in [-0.2, 0) is 14.8 Å². The van der Waals surface area contributed by atoms with Crippen LogP contribution in [0.2, 0.25) is 0 Å². The number of nitro benzene ring substituents is 2. The van der Waals surface area contributed by atoms with E-state index in [2.05, 4.69) is 14.9 Å². The van der Waals surface area contributed by atoms with Gasteiger partial charge in [0.2, 0.25) is 10.0 Å². The second-order valence-corrected chi connectivity index (χ2v) is 10.2. The number of nitrogens with zero attached hydrogens (tertiary/aromatic N) is 7. The molecule has 0 unspecified atom stereocenters. The monoisotopic (exact) mass is 507 g/mol. The average molecular weight is 508 g/mol. The molecule has 1 aromatic carbocycles. The second kappa shape index (κ2) is 9.67. The Labute approximate surface area is 201 Å². The summed E-state index contributed by atoms with van der Waals surface area (Å²) in [7, 11) is -4.19. The average Bonchev–Trinajstić information content (AvgIpc) is 2.84. The third kappa shape index (κ3) is 5.01. The van der Waals surface area contributed by atoms with E-state index < -0.39 is 36.1 Å². The summed E-state index contributed by atoms with van der Waals surface area (Å²) in [6.45, 7) is 6.53. The lowest BCUT2D eigenvalue weighted by Gasteiger charge is -2.35. The quantitative estimate of drug-likeness (QED) is 0.408. The maximum atomic E-state index is 13.2. The Morgan fingerprint density at radius 1 is 0.829 bits per heavy atom. The van der Waals surface area contributed by atoms with Crippen molar-refractivity contribution in [3.63, 3.8) is 0 Å². The minimum Gasteiger partial charge on any atom is -0.378 e. The van der Waals surface area contributed by atoms with Crippen LogP contribution in [-0.4, -0.2) is 85.0 Å². The number of ether oxygens (including phenoxy) is 1. The lowest BCUT2D eigenvalue weighted by molar-refractivity contribution is -0.395. The lowest BCUT2D eigenvalue weighted by atomic mass is 10.1. The van der Waals surface area contributed by atoms with Gasteiger partial charge in [0.15, 0.2) is 0 Å². The smallest absolute Gasteiger partial charge is 0.280 e. The van der Waals surface area contributed by atoms with Gasteiger partial charge in [-0.05, 0) is 13.8 Å². The third-order valence-electron chi connectivity index (χ3n) is 6.07. The molecule has 1 aromatic heterocycles. The van der Waals surface area contributed by atoms with Gasteiger partial charge in [-0.2, -0.15) is 4.31 Å². The number of anilines is 2. The number of aromatic nitrogens is 2. The highest BCUT2D eigenvalue weighted by Crippen LogP contribution is 2.33. The highest BCUT2D eigenvalue weighted by Gasteiger charge is 2.34. The van der Waals surface area contributed by atoms with E-state index in [0.29, 0.717) is 37.9 Å². The summed E-state index contributed by atoms with van der Waals surface area (Å²) in [6.07, 6.45) is 0. The molecule has 0 spiro atoms. The maximum absolute atomic E-state index is 13.2. The molecule has 0 bridgehead atoms. The van der Waals surface area contributed by atoms with Crippen molar-refractivity contribution in [3.8, 4) is 0 Å². The van der Waals surface area contributed by atoms with Crippen LogP contribution < -0.4 is 9.80 Å². The highest BCUT2D eigenvalue weighted by atomic mass is 32.2. The van der Waals surface area contributed by atoms with Crippen LogP contribution in [0.5, 0.6) is 0 Å². The molecule has 2 aliphatic heterocycles. The number of piperazine rings is 1. The van der Waals surface area contributed by atoms with Crippen LogP contribution in [0.15, 0.2) is 23.1 Å². The summed E-state index contributed by atoms with van der Waals surface area (Å²) in [5.41, 5.74) is -1.41. The zero-order chi connectivity index (χ0) is 25.3. The first-order valence-electron chi connectivity index (χ1n) is 10.9. The standard InChI is InChI=1S/C20H25N7O7S/c1-14-17(26(28)29)11-16(12-18(14)27(30)31)35(32,33)25-5-3-23(4-6-25)19-13-20(22-15(2)21-19)24-7-9-34-10-8-24/h11-13H,3-10H2,1-2H3. The minimum atomic E-state index is -4.19. The molecular weight excluding hydrogens is 482 g/mol. The first-order valence-corrected chi connectivity index (χ1v) is 12.4. The predicted octanol–water partition coefficient (Wildman–Crippen LogP) is 1.26. The van der Waals surface area contributed by atoms with Crippen molar-refractivity contribution in [1.29, 1.82) is 0 Å². The van der Waals surface area contributed by atoms with Gasteiger partial charge in [-0.3, -0.25) is 20.2 Å². The number of nitro groups is 2. The second-order valence-electron chi connectivity index (χ2n) is 8.22. The maximum Gasteiger partial charge on any atom is 0.280 e. The molecule has 2 aliphatic rings. The molecule has 188 valence electrons. The molecule has 4 rings (SSSR count). The minimum absolute atomic E-state index is 0.0910. The summed E-state index contributed by atoms with van der Waals surface area (Å²) in [4.78, 5) is 33.7. The van der Waals surface area contributed by atoms with Crippen molar-refractivity contribution in [3.05, 3.63) is 49.8 Å². The van der Waals surface area contributed by atoms with Gasteiger partial charge in [0.25, 0.3) is 11.4 Å². The number of rotatable bonds is 6. The van der Waals surface area contributed by atoms with E-state index in [9.17, 15) is 28.6 Å². The van der Waals surface area contributed by atoms with Crippen LogP contribution in [0.4, 0.5) is 23.0 Å². The van der Waals surface area contributed by atoms with E-state index in [1.165, 1.54) is 11.2 Å². The molecule has 3 heterocycles. The van der Waals surface area contributed by atoms with Gasteiger partial charge in [0, 0.05) is 57.5 Å². The molecule has 2 fully saturated rings. The number of morpholine rings is 1. The fraction of sp³-hybridized carbons (Fsp3) is 0.500. The van der Waals surface area contributed by atoms with Crippen LogP contribution in [0.1, 0.15) is 11.4 Å². The van der Waals surface area contributed by atoms with Crippen molar-refractivity contribution in [2.45, 2.75) is 18.7 Å². The normalized spacial score (nSPS) is 17.4. The van der Waals surface area contributed by atoms with Crippen molar-refractivity contribution >= 4 is 33.0 Å². The lowest BCUT2D eigenvalue weighted by Crippen LogP contribution is -2.49. The zero-order valence-electron chi connectivity index (χ0n) is 19.3. The van der Waals surface area contributed by atoms with Gasteiger partial charge in [0.1, 0.15) is 23.0 Å². The molecule has 14 nitrogen and oxygen atoms in total. The molecule has 0 saturated carbocycles. The first kappa shape index (κ1) is 24.7. The molecule has 0 N–H and O–H groups in total. The van der Waals surface area contributed by atoms with Crippen molar-refractivity contribution in [1.82, 2.24) is 14.3 Å². The SMILES string of the molecule is Cc1nc(N2CCOCC2)cc(N2CCN(S(=O)(=O)c3cc([N+](=O)[O-])c(C)c([N+](=O)[O-])c3)CC2)n1. The highest BCUT2D eigenvalue weighted by molar-refractivity contribution is 7.89. The number of hydrogen-bond acceptors (Lipinski definition) is 11. The largest absolute Gasteiger partial charge is 0.378 e. The molecule has 35 heavy (non-hydrogen) atoms. The molecule has 2 saturated heterocycles. The predicted molar refractivity (Wildman–Crippen MR) is 125 cm³/mol. The first-order chi connectivity index (χ1) is 16.6. The summed E-state index contributed by atoms with van der Waals surface area (Å²) >= 11 is 0. The van der Waals surface area contributed by atoms with Crippen LogP contribution >= 0.6 is 0 Å². The summed E-state index contributed by atoms with van der Waals surface area (Å²) in [5, 5.41) is 22.7. The van der Waals surface area contributed by atoms with Crippen LogP contribution in [0.3, 0.4) is 0 Å².